The van der Waals surface area contributed by atoms with E-state index in [1.54, 1.807) is 10.6 Å². The number of hydrogen-bond acceptors (Lipinski definition) is 3. The Labute approximate surface area is 170 Å². The summed E-state index contributed by atoms with van der Waals surface area (Å²) in [6, 6.07) is 6.52. The SMILES string of the molecule is O=C(CN1CCN(C(=O)Cn2ccc3ccc(F)cc32)CC1)N1CCCCCC1. The molecule has 156 valence electrons. The van der Waals surface area contributed by atoms with E-state index >= 15 is 0 Å². The first-order chi connectivity index (χ1) is 14.1. The maximum Gasteiger partial charge on any atom is 0.242 e. The van der Waals surface area contributed by atoms with Gasteiger partial charge in [0.2, 0.25) is 11.8 Å². The molecule has 2 fully saturated rings. The number of benzene rings is 1. The van der Waals surface area contributed by atoms with Gasteiger partial charge in [-0.05, 0) is 42.5 Å². The molecule has 2 aliphatic heterocycles. The molecule has 2 aliphatic rings. The fourth-order valence-electron chi connectivity index (χ4n) is 4.31. The molecule has 3 heterocycles. The Bertz CT molecular complexity index is 865. The van der Waals surface area contributed by atoms with Crippen LogP contribution in [0.25, 0.3) is 10.9 Å². The molecule has 29 heavy (non-hydrogen) atoms. The topological polar surface area (TPSA) is 48.8 Å². The highest BCUT2D eigenvalue weighted by Crippen LogP contribution is 2.18. The van der Waals surface area contributed by atoms with Gasteiger partial charge in [0, 0.05) is 45.5 Å². The van der Waals surface area contributed by atoms with E-state index < -0.39 is 0 Å². The zero-order valence-corrected chi connectivity index (χ0v) is 16.9. The first-order valence-electron chi connectivity index (χ1n) is 10.6. The van der Waals surface area contributed by atoms with Crippen LogP contribution in [0.4, 0.5) is 4.39 Å². The van der Waals surface area contributed by atoms with Crippen LogP contribution in [0.3, 0.4) is 0 Å². The molecule has 1 aromatic carbocycles. The number of aromatic nitrogens is 1. The molecular weight excluding hydrogens is 371 g/mol. The van der Waals surface area contributed by atoms with Gasteiger partial charge in [0.25, 0.3) is 0 Å². The van der Waals surface area contributed by atoms with Crippen molar-refractivity contribution in [2.75, 3.05) is 45.8 Å². The van der Waals surface area contributed by atoms with E-state index in [4.69, 9.17) is 0 Å². The maximum absolute atomic E-state index is 13.5. The largest absolute Gasteiger partial charge is 0.342 e. The summed E-state index contributed by atoms with van der Waals surface area (Å²) in [4.78, 5) is 31.3. The number of amides is 2. The minimum Gasteiger partial charge on any atom is -0.342 e. The van der Waals surface area contributed by atoms with Crippen molar-refractivity contribution in [3.8, 4) is 0 Å². The lowest BCUT2D eigenvalue weighted by Crippen LogP contribution is -2.52. The predicted molar refractivity (Wildman–Crippen MR) is 110 cm³/mol. The van der Waals surface area contributed by atoms with E-state index in [0.717, 1.165) is 36.8 Å². The second-order valence-corrected chi connectivity index (χ2v) is 8.10. The van der Waals surface area contributed by atoms with Gasteiger partial charge in [-0.15, -0.1) is 0 Å². The highest BCUT2D eigenvalue weighted by molar-refractivity contribution is 5.83. The monoisotopic (exact) mass is 400 g/mol. The molecule has 0 atom stereocenters. The number of fused-ring (bicyclic) bond motifs is 1. The van der Waals surface area contributed by atoms with Crippen molar-refractivity contribution in [3.05, 3.63) is 36.3 Å². The van der Waals surface area contributed by atoms with E-state index in [1.165, 1.54) is 25.0 Å². The number of rotatable bonds is 4. The van der Waals surface area contributed by atoms with E-state index in [0.29, 0.717) is 32.7 Å². The zero-order chi connectivity index (χ0) is 20.2. The van der Waals surface area contributed by atoms with Crippen LogP contribution in [0.5, 0.6) is 0 Å². The second-order valence-electron chi connectivity index (χ2n) is 8.10. The van der Waals surface area contributed by atoms with Crippen LogP contribution < -0.4 is 0 Å². The summed E-state index contributed by atoms with van der Waals surface area (Å²) < 4.78 is 15.3. The second kappa shape index (κ2) is 8.95. The van der Waals surface area contributed by atoms with Crippen molar-refractivity contribution < 1.29 is 14.0 Å². The number of halogens is 1. The van der Waals surface area contributed by atoms with E-state index in [-0.39, 0.29) is 24.2 Å². The Kier molecular flexibility index (Phi) is 6.13. The molecular formula is C22H29FN4O2. The lowest BCUT2D eigenvalue weighted by Gasteiger charge is -2.35. The highest BCUT2D eigenvalue weighted by Gasteiger charge is 2.24. The summed E-state index contributed by atoms with van der Waals surface area (Å²) >= 11 is 0. The van der Waals surface area contributed by atoms with Crippen LogP contribution in [0, 0.1) is 5.82 Å². The third-order valence-electron chi connectivity index (χ3n) is 6.08. The van der Waals surface area contributed by atoms with Crippen LogP contribution in [0.2, 0.25) is 0 Å². The quantitative estimate of drug-likeness (QED) is 0.792. The van der Waals surface area contributed by atoms with Gasteiger partial charge in [-0.1, -0.05) is 12.8 Å². The van der Waals surface area contributed by atoms with Crippen molar-refractivity contribution in [2.24, 2.45) is 0 Å². The molecule has 0 bridgehead atoms. The van der Waals surface area contributed by atoms with E-state index in [9.17, 15) is 14.0 Å². The molecule has 2 saturated heterocycles. The fraction of sp³-hybridized carbons (Fsp3) is 0.545. The van der Waals surface area contributed by atoms with E-state index in [1.807, 2.05) is 22.1 Å². The normalized spacial score (nSPS) is 18.8. The number of carbonyl (C=O) groups excluding carboxylic acids is 2. The lowest BCUT2D eigenvalue weighted by atomic mass is 10.2. The van der Waals surface area contributed by atoms with Crippen molar-refractivity contribution in [2.45, 2.75) is 32.2 Å². The minimum atomic E-state index is -0.299. The van der Waals surface area contributed by atoms with Gasteiger partial charge in [-0.25, -0.2) is 4.39 Å². The molecule has 2 amide bonds. The summed E-state index contributed by atoms with van der Waals surface area (Å²) in [5, 5.41) is 0.927. The average molecular weight is 400 g/mol. The molecule has 0 aliphatic carbocycles. The Hall–Kier alpha value is -2.41. The van der Waals surface area contributed by atoms with Gasteiger partial charge < -0.3 is 14.4 Å². The van der Waals surface area contributed by atoms with Crippen LogP contribution in [0.1, 0.15) is 25.7 Å². The fourth-order valence-corrected chi connectivity index (χ4v) is 4.31. The molecule has 7 heteroatoms. The van der Waals surface area contributed by atoms with Gasteiger partial charge in [0.15, 0.2) is 0 Å². The third-order valence-corrected chi connectivity index (χ3v) is 6.08. The van der Waals surface area contributed by atoms with Gasteiger partial charge in [0.1, 0.15) is 12.4 Å². The van der Waals surface area contributed by atoms with Crippen LogP contribution in [-0.2, 0) is 16.1 Å². The summed E-state index contributed by atoms with van der Waals surface area (Å²) in [6.45, 7) is 5.09. The number of piperazine rings is 1. The molecule has 2 aromatic rings. The maximum atomic E-state index is 13.5. The molecule has 0 unspecified atom stereocenters. The first kappa shape index (κ1) is 19.9. The smallest absolute Gasteiger partial charge is 0.242 e. The van der Waals surface area contributed by atoms with Crippen molar-refractivity contribution in [3.63, 3.8) is 0 Å². The molecule has 4 rings (SSSR count). The third kappa shape index (κ3) is 4.78. The van der Waals surface area contributed by atoms with E-state index in [2.05, 4.69) is 4.90 Å². The molecule has 1 aromatic heterocycles. The number of likely N-dealkylation sites (tertiary alicyclic amines) is 1. The molecule has 6 nitrogen and oxygen atoms in total. The highest BCUT2D eigenvalue weighted by atomic mass is 19.1. The Balaban J connectivity index is 1.28. The lowest BCUT2D eigenvalue weighted by molar-refractivity contribution is -0.135. The summed E-state index contributed by atoms with van der Waals surface area (Å²) in [5.41, 5.74) is 0.736. The average Bonchev–Trinajstić information content (AvgIpc) is 2.93. The molecule has 0 N–H and O–H groups in total. The van der Waals surface area contributed by atoms with Crippen molar-refractivity contribution >= 4 is 22.7 Å². The standard InChI is InChI=1S/C22H29FN4O2/c23-19-6-5-18-7-10-27(20(18)15-19)17-22(29)26-13-11-24(12-14-26)16-21(28)25-8-3-1-2-4-9-25/h5-7,10,15H,1-4,8-9,11-14,16-17H2. The molecule has 0 radical (unpaired) electrons. The van der Waals surface area contributed by atoms with Crippen molar-refractivity contribution in [1.82, 2.24) is 19.3 Å². The number of nitrogens with zero attached hydrogens (tertiary/aromatic N) is 4. The summed E-state index contributed by atoms with van der Waals surface area (Å²) in [7, 11) is 0. The van der Waals surface area contributed by atoms with Crippen LogP contribution >= 0.6 is 0 Å². The van der Waals surface area contributed by atoms with Gasteiger partial charge in [0.05, 0.1) is 12.1 Å². The first-order valence-corrected chi connectivity index (χ1v) is 10.6. The van der Waals surface area contributed by atoms with Crippen LogP contribution in [-0.4, -0.2) is 76.9 Å². The van der Waals surface area contributed by atoms with Gasteiger partial charge in [-0.2, -0.15) is 0 Å². The van der Waals surface area contributed by atoms with Crippen LogP contribution in [0.15, 0.2) is 30.5 Å². The minimum absolute atomic E-state index is 0.0326. The van der Waals surface area contributed by atoms with Gasteiger partial charge >= 0.3 is 0 Å². The summed E-state index contributed by atoms with van der Waals surface area (Å²) in [6.07, 6.45) is 6.47. The molecule has 0 spiro atoms. The van der Waals surface area contributed by atoms with Gasteiger partial charge in [-0.3, -0.25) is 14.5 Å². The zero-order valence-electron chi connectivity index (χ0n) is 16.9. The van der Waals surface area contributed by atoms with Crippen molar-refractivity contribution in [1.29, 1.82) is 0 Å². The Morgan fingerprint density at radius 3 is 2.17 bits per heavy atom. The predicted octanol–water partition coefficient (Wildman–Crippen LogP) is 2.33. The summed E-state index contributed by atoms with van der Waals surface area (Å²) in [5.74, 6) is -0.0506. The Morgan fingerprint density at radius 2 is 1.45 bits per heavy atom. The number of carbonyl (C=O) groups is 2. The molecule has 0 saturated carbocycles. The Morgan fingerprint density at radius 1 is 0.793 bits per heavy atom. The number of hydrogen-bond donors (Lipinski definition) is 0.